The second-order valence-corrected chi connectivity index (χ2v) is 3.60. The number of nitrogens with zero attached hydrogens (tertiary/aromatic N) is 1. The summed E-state index contributed by atoms with van der Waals surface area (Å²) in [6.45, 7) is -0.413. The van der Waals surface area contributed by atoms with Crippen LogP contribution in [0.1, 0.15) is 4.88 Å². The Morgan fingerprint density at radius 3 is 2.88 bits per heavy atom. The van der Waals surface area contributed by atoms with E-state index in [1.165, 1.54) is 17.5 Å². The number of aromatic nitrogens is 1. The smallest absolute Gasteiger partial charge is 0.159 e. The Balaban J connectivity index is 2.84. The van der Waals surface area contributed by atoms with E-state index in [0.29, 0.717) is 4.88 Å². The van der Waals surface area contributed by atoms with Gasteiger partial charge in [0.25, 0.3) is 0 Å². The highest BCUT2D eigenvalue weighted by Crippen LogP contribution is 2.18. The Labute approximate surface area is 58.7 Å². The molecule has 0 saturated carbocycles. The van der Waals surface area contributed by atoms with E-state index in [1.54, 1.807) is 0 Å². The van der Waals surface area contributed by atoms with E-state index in [9.17, 15) is 4.39 Å². The van der Waals surface area contributed by atoms with Gasteiger partial charge in [0.1, 0.15) is 6.67 Å². The Hall–Kier alpha value is 0.0400. The molecule has 0 unspecified atom stereocenters. The SMILES string of the molecule is FCc1cnc(Br)s1. The van der Waals surface area contributed by atoms with Crippen LogP contribution in [0.5, 0.6) is 0 Å². The van der Waals surface area contributed by atoms with Crippen LogP contribution >= 0.6 is 27.3 Å². The molecule has 0 radical (unpaired) electrons. The van der Waals surface area contributed by atoms with E-state index in [4.69, 9.17) is 0 Å². The van der Waals surface area contributed by atoms with Gasteiger partial charge >= 0.3 is 0 Å². The van der Waals surface area contributed by atoms with Crippen molar-refractivity contribution in [1.29, 1.82) is 0 Å². The molecule has 1 nitrogen and oxygen atoms in total. The van der Waals surface area contributed by atoms with Crippen molar-refractivity contribution >= 4 is 27.3 Å². The molecule has 8 heavy (non-hydrogen) atoms. The van der Waals surface area contributed by atoms with Gasteiger partial charge in [-0.15, -0.1) is 11.3 Å². The van der Waals surface area contributed by atoms with E-state index in [0.717, 1.165) is 3.92 Å². The molecule has 0 N–H and O–H groups in total. The molecule has 1 rings (SSSR count). The van der Waals surface area contributed by atoms with Crippen molar-refractivity contribution in [2.45, 2.75) is 6.67 Å². The van der Waals surface area contributed by atoms with Crippen molar-refractivity contribution in [3.8, 4) is 0 Å². The largest absolute Gasteiger partial charge is 0.245 e. The van der Waals surface area contributed by atoms with Crippen molar-refractivity contribution in [2.75, 3.05) is 0 Å². The van der Waals surface area contributed by atoms with Crippen LogP contribution in [0.3, 0.4) is 0 Å². The number of rotatable bonds is 1. The maximum atomic E-state index is 11.7. The van der Waals surface area contributed by atoms with E-state index in [2.05, 4.69) is 20.9 Å². The second-order valence-electron chi connectivity index (χ2n) is 1.21. The quantitative estimate of drug-likeness (QED) is 0.671. The highest BCUT2D eigenvalue weighted by atomic mass is 79.9. The molecule has 0 amide bonds. The molecule has 1 aromatic rings. The Bertz CT molecular complexity index is 176. The highest BCUT2D eigenvalue weighted by Gasteiger charge is 1.94. The number of hydrogen-bond acceptors (Lipinski definition) is 2. The molecule has 0 bridgehead atoms. The third-order valence-corrected chi connectivity index (χ3v) is 2.10. The molecule has 44 valence electrons. The Morgan fingerprint density at radius 1 is 1.88 bits per heavy atom. The minimum atomic E-state index is -0.413. The normalized spacial score (nSPS) is 9.75. The number of alkyl halides is 1. The predicted molar refractivity (Wildman–Crippen MR) is 34.6 cm³/mol. The molecule has 1 aromatic heterocycles. The van der Waals surface area contributed by atoms with Gasteiger partial charge in [-0.2, -0.15) is 0 Å². The van der Waals surface area contributed by atoms with Gasteiger partial charge in [0.2, 0.25) is 0 Å². The lowest BCUT2D eigenvalue weighted by Gasteiger charge is -1.74. The lowest BCUT2D eigenvalue weighted by atomic mass is 10.6. The third-order valence-electron chi connectivity index (χ3n) is 0.657. The van der Waals surface area contributed by atoms with Gasteiger partial charge in [-0.3, -0.25) is 0 Å². The van der Waals surface area contributed by atoms with Gasteiger partial charge in [-0.25, -0.2) is 9.37 Å². The monoisotopic (exact) mass is 195 g/mol. The first-order valence-electron chi connectivity index (χ1n) is 1.99. The molecule has 4 heteroatoms. The van der Waals surface area contributed by atoms with Crippen molar-refractivity contribution in [1.82, 2.24) is 4.98 Å². The third kappa shape index (κ3) is 1.26. The fourth-order valence-corrected chi connectivity index (χ4v) is 1.55. The van der Waals surface area contributed by atoms with Crippen molar-refractivity contribution in [3.63, 3.8) is 0 Å². The van der Waals surface area contributed by atoms with Crippen LogP contribution in [-0.2, 0) is 6.67 Å². The van der Waals surface area contributed by atoms with Gasteiger partial charge in [-0.05, 0) is 15.9 Å². The van der Waals surface area contributed by atoms with Crippen LogP contribution < -0.4 is 0 Å². The van der Waals surface area contributed by atoms with Gasteiger partial charge in [0.05, 0.1) is 4.88 Å². The first kappa shape index (κ1) is 6.16. The first-order valence-corrected chi connectivity index (χ1v) is 3.60. The van der Waals surface area contributed by atoms with Gasteiger partial charge in [0.15, 0.2) is 3.92 Å². The molecule has 0 spiro atoms. The minimum absolute atomic E-state index is 0.413. The van der Waals surface area contributed by atoms with Crippen molar-refractivity contribution < 1.29 is 4.39 Å². The first-order chi connectivity index (χ1) is 3.83. The molecule has 0 aliphatic rings. The molecule has 0 aromatic carbocycles. The summed E-state index contributed by atoms with van der Waals surface area (Å²) in [5.74, 6) is 0. The van der Waals surface area contributed by atoms with Gasteiger partial charge in [0, 0.05) is 6.20 Å². The standard InChI is InChI=1S/C4H3BrFNS/c5-4-7-2-3(1-6)8-4/h2H,1H2. The van der Waals surface area contributed by atoms with Crippen molar-refractivity contribution in [2.24, 2.45) is 0 Å². The molecule has 0 fully saturated rings. The van der Waals surface area contributed by atoms with Crippen LogP contribution in [0, 0.1) is 0 Å². The molecular weight excluding hydrogens is 193 g/mol. The van der Waals surface area contributed by atoms with E-state index < -0.39 is 6.67 Å². The lowest BCUT2D eigenvalue weighted by Crippen LogP contribution is -1.62. The number of halogens is 2. The average molecular weight is 196 g/mol. The van der Waals surface area contributed by atoms with E-state index in [-0.39, 0.29) is 0 Å². The molecular formula is C4H3BrFNS. The Kier molecular flexibility index (Phi) is 1.96. The predicted octanol–water partition coefficient (Wildman–Crippen LogP) is 2.38. The second kappa shape index (κ2) is 2.55. The number of thiazole rings is 1. The summed E-state index contributed by atoms with van der Waals surface area (Å²) < 4.78 is 12.4. The molecule has 0 aliphatic carbocycles. The number of hydrogen-bond donors (Lipinski definition) is 0. The summed E-state index contributed by atoms with van der Waals surface area (Å²) in [7, 11) is 0. The summed E-state index contributed by atoms with van der Waals surface area (Å²) >= 11 is 4.43. The van der Waals surface area contributed by atoms with E-state index >= 15 is 0 Å². The fraction of sp³-hybridized carbons (Fsp3) is 0.250. The molecule has 0 saturated heterocycles. The van der Waals surface area contributed by atoms with Crippen LogP contribution in [0.4, 0.5) is 4.39 Å². The average Bonchev–Trinajstić information content (AvgIpc) is 2.14. The zero-order valence-corrected chi connectivity index (χ0v) is 6.30. The van der Waals surface area contributed by atoms with Crippen LogP contribution in [0.25, 0.3) is 0 Å². The van der Waals surface area contributed by atoms with Crippen LogP contribution in [0.2, 0.25) is 0 Å². The summed E-state index contributed by atoms with van der Waals surface area (Å²) in [5, 5.41) is 0. The summed E-state index contributed by atoms with van der Waals surface area (Å²) in [6, 6.07) is 0. The summed E-state index contributed by atoms with van der Waals surface area (Å²) in [6.07, 6.45) is 1.52. The molecule has 1 heterocycles. The zero-order chi connectivity index (χ0) is 5.98. The maximum absolute atomic E-state index is 11.7. The zero-order valence-electron chi connectivity index (χ0n) is 3.90. The maximum Gasteiger partial charge on any atom is 0.159 e. The summed E-state index contributed by atoms with van der Waals surface area (Å²) in [4.78, 5) is 4.45. The molecule has 0 aliphatic heterocycles. The fourth-order valence-electron chi connectivity index (χ4n) is 0.345. The topological polar surface area (TPSA) is 12.9 Å². The highest BCUT2D eigenvalue weighted by molar-refractivity contribution is 9.11. The Morgan fingerprint density at radius 2 is 2.62 bits per heavy atom. The van der Waals surface area contributed by atoms with E-state index in [1.807, 2.05) is 0 Å². The van der Waals surface area contributed by atoms with Crippen molar-refractivity contribution in [3.05, 3.63) is 15.0 Å². The lowest BCUT2D eigenvalue weighted by molar-refractivity contribution is 0.491. The summed E-state index contributed by atoms with van der Waals surface area (Å²) in [5.41, 5.74) is 0. The van der Waals surface area contributed by atoms with Gasteiger partial charge in [-0.1, -0.05) is 0 Å². The van der Waals surface area contributed by atoms with Crippen LogP contribution in [0.15, 0.2) is 10.1 Å². The van der Waals surface area contributed by atoms with Crippen LogP contribution in [-0.4, -0.2) is 4.98 Å². The molecule has 0 atom stereocenters. The minimum Gasteiger partial charge on any atom is -0.245 e. The van der Waals surface area contributed by atoms with Gasteiger partial charge < -0.3 is 0 Å².